The van der Waals surface area contributed by atoms with Crippen molar-refractivity contribution in [3.63, 3.8) is 0 Å². The summed E-state index contributed by atoms with van der Waals surface area (Å²) in [5.41, 5.74) is 1.15. The summed E-state index contributed by atoms with van der Waals surface area (Å²) < 4.78 is 0. The van der Waals surface area contributed by atoms with Crippen molar-refractivity contribution in [1.82, 2.24) is 10.6 Å². The highest BCUT2D eigenvalue weighted by molar-refractivity contribution is 5.85. The molecule has 2 N–H and O–H groups in total. The molecule has 0 saturated carbocycles. The Bertz CT molecular complexity index is 142. The van der Waals surface area contributed by atoms with Crippen LogP contribution in [-0.2, 0) is 0 Å². The molecule has 4 heteroatoms. The van der Waals surface area contributed by atoms with Crippen LogP contribution in [0.1, 0.15) is 0 Å². The van der Waals surface area contributed by atoms with Crippen molar-refractivity contribution in [2.24, 2.45) is 0 Å². The summed E-state index contributed by atoms with van der Waals surface area (Å²) in [6, 6.07) is 0. The molecule has 2 nitrogen and oxygen atoms in total. The van der Waals surface area contributed by atoms with Crippen LogP contribution in [0.3, 0.4) is 0 Å². The molecule has 14 heavy (non-hydrogen) atoms. The Labute approximate surface area is 99.4 Å². The number of rotatable bonds is 8. The van der Waals surface area contributed by atoms with Crippen LogP contribution in [-0.4, -0.2) is 26.2 Å². The van der Waals surface area contributed by atoms with E-state index in [-0.39, 0.29) is 24.8 Å². The highest BCUT2D eigenvalue weighted by Gasteiger charge is 1.90. The van der Waals surface area contributed by atoms with Crippen LogP contribution in [0.2, 0.25) is 0 Å². The lowest BCUT2D eigenvalue weighted by Crippen LogP contribution is -2.24. The maximum Gasteiger partial charge on any atom is 0.0177 e. The third-order valence-electron chi connectivity index (χ3n) is 1.33. The summed E-state index contributed by atoms with van der Waals surface area (Å²) in [6.45, 7) is 14.5. The summed E-state index contributed by atoms with van der Waals surface area (Å²) >= 11 is 0. The van der Waals surface area contributed by atoms with Gasteiger partial charge in [-0.05, 0) is 5.57 Å². The molecule has 0 heterocycles. The quantitative estimate of drug-likeness (QED) is 0.499. The number of hydrogen-bond acceptors (Lipinski definition) is 2. The highest BCUT2D eigenvalue weighted by Crippen LogP contribution is 1.83. The topological polar surface area (TPSA) is 24.1 Å². The average Bonchev–Trinajstić information content (AvgIpc) is 2.06. The van der Waals surface area contributed by atoms with Crippen molar-refractivity contribution >= 4 is 24.8 Å². The minimum absolute atomic E-state index is 0. The second-order valence-electron chi connectivity index (χ2n) is 2.59. The number of nitrogens with one attached hydrogen (secondary N) is 2. The Morgan fingerprint density at radius 1 is 0.929 bits per heavy atom. The zero-order valence-corrected chi connectivity index (χ0v) is 10.1. The maximum absolute atomic E-state index is 3.90. The Hall–Kier alpha value is -0.280. The number of hydrogen-bond donors (Lipinski definition) is 2. The standard InChI is InChI=1S/C10H18N2.2ClH/c1-4-6-11-8-10(3)9-12-7-5-2;;/h4-5,11-12H,1-3,6-9H2;2*1H. The second-order valence-corrected chi connectivity index (χ2v) is 2.59. The lowest BCUT2D eigenvalue weighted by molar-refractivity contribution is 0.747. The van der Waals surface area contributed by atoms with Gasteiger partial charge in [-0.1, -0.05) is 18.7 Å². The average molecular weight is 239 g/mol. The Kier molecular flexibility index (Phi) is 21.0. The van der Waals surface area contributed by atoms with E-state index in [2.05, 4.69) is 30.4 Å². The van der Waals surface area contributed by atoms with Crippen LogP contribution < -0.4 is 10.6 Å². The van der Waals surface area contributed by atoms with Gasteiger partial charge in [0.1, 0.15) is 0 Å². The summed E-state index contributed by atoms with van der Waals surface area (Å²) in [4.78, 5) is 0. The Morgan fingerprint density at radius 2 is 1.29 bits per heavy atom. The molecule has 0 radical (unpaired) electrons. The fourth-order valence-electron chi connectivity index (χ4n) is 0.765. The smallest absolute Gasteiger partial charge is 0.0177 e. The van der Waals surface area contributed by atoms with Crippen molar-refractivity contribution < 1.29 is 0 Å². The first kappa shape index (κ1) is 19.3. The molecule has 0 aliphatic heterocycles. The molecule has 0 rings (SSSR count). The largest absolute Gasteiger partial charge is 0.310 e. The summed E-state index contributed by atoms with van der Waals surface area (Å²) in [5.74, 6) is 0. The molecular weight excluding hydrogens is 219 g/mol. The maximum atomic E-state index is 3.90. The van der Waals surface area contributed by atoms with E-state index < -0.39 is 0 Å². The summed E-state index contributed by atoms with van der Waals surface area (Å²) in [5, 5.41) is 6.36. The molecule has 0 amide bonds. The molecule has 0 bridgehead atoms. The van der Waals surface area contributed by atoms with Crippen molar-refractivity contribution in [3.8, 4) is 0 Å². The van der Waals surface area contributed by atoms with E-state index in [1.807, 2.05) is 12.2 Å². The third kappa shape index (κ3) is 14.3. The fourth-order valence-corrected chi connectivity index (χ4v) is 0.765. The molecule has 0 aromatic carbocycles. The van der Waals surface area contributed by atoms with Gasteiger partial charge in [0.2, 0.25) is 0 Å². The molecule has 0 unspecified atom stereocenters. The van der Waals surface area contributed by atoms with Crippen molar-refractivity contribution in [2.75, 3.05) is 26.2 Å². The normalized spacial score (nSPS) is 8.00. The molecule has 0 atom stereocenters. The van der Waals surface area contributed by atoms with Crippen molar-refractivity contribution in [1.29, 1.82) is 0 Å². The molecule has 84 valence electrons. The van der Waals surface area contributed by atoms with E-state index in [4.69, 9.17) is 0 Å². The van der Waals surface area contributed by atoms with Crippen LogP contribution in [0.5, 0.6) is 0 Å². The van der Waals surface area contributed by atoms with Gasteiger partial charge < -0.3 is 10.6 Å². The predicted octanol–water partition coefficient (Wildman–Crippen LogP) is 1.94. The van der Waals surface area contributed by atoms with E-state index in [1.54, 1.807) is 0 Å². The van der Waals surface area contributed by atoms with Crippen LogP contribution in [0.4, 0.5) is 0 Å². The van der Waals surface area contributed by atoms with Crippen LogP contribution in [0.15, 0.2) is 37.5 Å². The van der Waals surface area contributed by atoms with Crippen LogP contribution in [0.25, 0.3) is 0 Å². The Morgan fingerprint density at radius 3 is 1.57 bits per heavy atom. The van der Waals surface area contributed by atoms with E-state index in [1.165, 1.54) is 0 Å². The molecular formula is C10H20Cl2N2. The monoisotopic (exact) mass is 238 g/mol. The molecule has 0 aromatic rings. The van der Waals surface area contributed by atoms with Gasteiger partial charge in [-0.15, -0.1) is 38.0 Å². The van der Waals surface area contributed by atoms with Crippen molar-refractivity contribution in [3.05, 3.63) is 37.5 Å². The summed E-state index contributed by atoms with van der Waals surface area (Å²) in [6.07, 6.45) is 3.68. The number of halogens is 2. The van der Waals surface area contributed by atoms with E-state index in [0.717, 1.165) is 31.8 Å². The highest BCUT2D eigenvalue weighted by atomic mass is 35.5. The third-order valence-corrected chi connectivity index (χ3v) is 1.33. The van der Waals surface area contributed by atoms with Gasteiger partial charge in [0.25, 0.3) is 0 Å². The van der Waals surface area contributed by atoms with Gasteiger partial charge in [-0.3, -0.25) is 0 Å². The molecule has 0 saturated heterocycles. The first-order chi connectivity index (χ1) is 5.81. The van der Waals surface area contributed by atoms with Crippen molar-refractivity contribution in [2.45, 2.75) is 0 Å². The zero-order chi connectivity index (χ0) is 9.23. The summed E-state index contributed by atoms with van der Waals surface area (Å²) in [7, 11) is 0. The SMILES string of the molecule is C=CCNCC(=C)CNCC=C.Cl.Cl. The minimum Gasteiger partial charge on any atom is -0.310 e. The van der Waals surface area contributed by atoms with Gasteiger partial charge in [0, 0.05) is 26.2 Å². The predicted molar refractivity (Wildman–Crippen MR) is 69.8 cm³/mol. The fraction of sp³-hybridized carbons (Fsp3) is 0.400. The van der Waals surface area contributed by atoms with Gasteiger partial charge in [-0.2, -0.15) is 0 Å². The molecule has 0 aliphatic rings. The lowest BCUT2D eigenvalue weighted by Gasteiger charge is -2.05. The molecule has 0 spiro atoms. The zero-order valence-electron chi connectivity index (χ0n) is 8.42. The van der Waals surface area contributed by atoms with E-state index >= 15 is 0 Å². The second kappa shape index (κ2) is 15.2. The molecule has 0 aromatic heterocycles. The first-order valence-electron chi connectivity index (χ1n) is 4.11. The van der Waals surface area contributed by atoms with Gasteiger partial charge in [-0.25, -0.2) is 0 Å². The first-order valence-corrected chi connectivity index (χ1v) is 4.11. The lowest BCUT2D eigenvalue weighted by atomic mass is 10.3. The van der Waals surface area contributed by atoms with Gasteiger partial charge >= 0.3 is 0 Å². The van der Waals surface area contributed by atoms with E-state index in [0.29, 0.717) is 0 Å². The van der Waals surface area contributed by atoms with E-state index in [9.17, 15) is 0 Å². The van der Waals surface area contributed by atoms with Crippen LogP contribution >= 0.6 is 24.8 Å². The minimum atomic E-state index is 0. The van der Waals surface area contributed by atoms with Gasteiger partial charge in [0.15, 0.2) is 0 Å². The van der Waals surface area contributed by atoms with Gasteiger partial charge in [0.05, 0.1) is 0 Å². The Balaban J connectivity index is -0.000000605. The van der Waals surface area contributed by atoms with Crippen LogP contribution in [0, 0.1) is 0 Å². The molecule has 0 fully saturated rings. The molecule has 0 aliphatic carbocycles.